The number of hydrogen-bond acceptors (Lipinski definition) is 2. The van der Waals surface area contributed by atoms with Crippen LogP contribution < -0.4 is 5.73 Å². The molecule has 0 fully saturated rings. The van der Waals surface area contributed by atoms with E-state index in [0.717, 1.165) is 12.0 Å². The largest absolute Gasteiger partial charge is 0.329 e. The predicted octanol–water partition coefficient (Wildman–Crippen LogP) is 2.17. The van der Waals surface area contributed by atoms with Crippen LogP contribution in [0.5, 0.6) is 0 Å². The molecule has 0 aliphatic carbocycles. The van der Waals surface area contributed by atoms with Gasteiger partial charge < -0.3 is 5.73 Å². The average molecular weight is 205 g/mol. The smallest absolute Gasteiger partial charge is 0.144 e. The Balaban J connectivity index is 2.71. The van der Waals surface area contributed by atoms with E-state index in [1.54, 1.807) is 0 Å². The van der Waals surface area contributed by atoms with E-state index in [9.17, 15) is 4.79 Å². The molecule has 0 spiro atoms. The summed E-state index contributed by atoms with van der Waals surface area (Å²) in [7, 11) is 0. The highest BCUT2D eigenvalue weighted by Crippen LogP contribution is 2.22. The Kier molecular flexibility index (Phi) is 4.04. The summed E-state index contributed by atoms with van der Waals surface area (Å²) in [5, 5.41) is 0. The number of hydrogen-bond donors (Lipinski definition) is 1. The first-order valence-electron chi connectivity index (χ1n) is 5.39. The van der Waals surface area contributed by atoms with E-state index in [4.69, 9.17) is 5.73 Å². The van der Waals surface area contributed by atoms with E-state index in [-0.39, 0.29) is 11.2 Å². The molecule has 0 aromatic heterocycles. The number of benzene rings is 1. The molecule has 0 radical (unpaired) electrons. The zero-order chi connectivity index (χ0) is 11.3. The molecule has 2 N–H and O–H groups in total. The van der Waals surface area contributed by atoms with E-state index >= 15 is 0 Å². The van der Waals surface area contributed by atoms with Crippen molar-refractivity contribution >= 4 is 5.78 Å². The Morgan fingerprint density at radius 1 is 1.33 bits per heavy atom. The second-order valence-electron chi connectivity index (χ2n) is 4.20. The van der Waals surface area contributed by atoms with Gasteiger partial charge >= 0.3 is 0 Å². The summed E-state index contributed by atoms with van der Waals surface area (Å²) in [5.74, 6) is 0.235. The number of ketones is 1. The SMILES string of the molecule is CCC(C)(CN)C(=O)Cc1ccccc1. The molecule has 1 unspecified atom stereocenters. The molecule has 82 valence electrons. The highest BCUT2D eigenvalue weighted by molar-refractivity contribution is 5.86. The molecule has 1 atom stereocenters. The average Bonchev–Trinajstić information content (AvgIpc) is 2.29. The first-order valence-corrected chi connectivity index (χ1v) is 5.39. The number of nitrogens with two attached hydrogens (primary N) is 1. The van der Waals surface area contributed by atoms with Gasteiger partial charge in [-0.3, -0.25) is 4.79 Å². The summed E-state index contributed by atoms with van der Waals surface area (Å²) in [5.41, 5.74) is 6.35. The van der Waals surface area contributed by atoms with Crippen molar-refractivity contribution in [3.05, 3.63) is 35.9 Å². The summed E-state index contributed by atoms with van der Waals surface area (Å²) in [6.45, 7) is 4.38. The van der Waals surface area contributed by atoms with Crippen LogP contribution in [0, 0.1) is 5.41 Å². The molecule has 0 heterocycles. The minimum absolute atomic E-state index is 0.235. The maximum absolute atomic E-state index is 12.0. The summed E-state index contributed by atoms with van der Waals surface area (Å²) >= 11 is 0. The minimum Gasteiger partial charge on any atom is -0.329 e. The molecule has 2 nitrogen and oxygen atoms in total. The minimum atomic E-state index is -0.365. The van der Waals surface area contributed by atoms with Crippen molar-refractivity contribution < 1.29 is 4.79 Å². The van der Waals surface area contributed by atoms with Gasteiger partial charge in [-0.25, -0.2) is 0 Å². The van der Waals surface area contributed by atoms with Crippen LogP contribution in [0.15, 0.2) is 30.3 Å². The molecule has 0 aliphatic heterocycles. The maximum atomic E-state index is 12.0. The van der Waals surface area contributed by atoms with Crippen molar-refractivity contribution in [2.75, 3.05) is 6.54 Å². The van der Waals surface area contributed by atoms with Crippen LogP contribution in [0.2, 0.25) is 0 Å². The number of carbonyl (C=O) groups is 1. The Bertz CT molecular complexity index is 315. The zero-order valence-electron chi connectivity index (χ0n) is 9.49. The van der Waals surface area contributed by atoms with Gasteiger partial charge in [-0.15, -0.1) is 0 Å². The second kappa shape index (κ2) is 5.08. The van der Waals surface area contributed by atoms with Crippen molar-refractivity contribution in [3.63, 3.8) is 0 Å². The monoisotopic (exact) mass is 205 g/mol. The third-order valence-corrected chi connectivity index (χ3v) is 3.11. The summed E-state index contributed by atoms with van der Waals surface area (Å²) < 4.78 is 0. The first-order chi connectivity index (χ1) is 7.12. The fourth-order valence-corrected chi connectivity index (χ4v) is 1.45. The van der Waals surface area contributed by atoms with Crippen molar-refractivity contribution in [2.45, 2.75) is 26.7 Å². The van der Waals surface area contributed by atoms with Gasteiger partial charge in [0.25, 0.3) is 0 Å². The van der Waals surface area contributed by atoms with E-state index < -0.39 is 0 Å². The topological polar surface area (TPSA) is 43.1 Å². The fraction of sp³-hybridized carbons (Fsp3) is 0.462. The molecule has 15 heavy (non-hydrogen) atoms. The molecular weight excluding hydrogens is 186 g/mol. The van der Waals surface area contributed by atoms with Gasteiger partial charge in [0, 0.05) is 18.4 Å². The van der Waals surface area contributed by atoms with Crippen LogP contribution in [0.25, 0.3) is 0 Å². The summed E-state index contributed by atoms with van der Waals surface area (Å²) in [4.78, 5) is 12.0. The molecule has 0 saturated heterocycles. The first kappa shape index (κ1) is 11.9. The highest BCUT2D eigenvalue weighted by atomic mass is 16.1. The number of rotatable bonds is 5. The van der Waals surface area contributed by atoms with E-state index in [1.165, 1.54) is 0 Å². The van der Waals surface area contributed by atoms with E-state index in [0.29, 0.717) is 13.0 Å². The molecule has 0 bridgehead atoms. The normalized spacial score (nSPS) is 14.6. The van der Waals surface area contributed by atoms with Crippen molar-refractivity contribution in [1.29, 1.82) is 0 Å². The molecular formula is C13H19NO. The Morgan fingerprint density at radius 2 is 1.93 bits per heavy atom. The Hall–Kier alpha value is -1.15. The van der Waals surface area contributed by atoms with Crippen molar-refractivity contribution in [2.24, 2.45) is 11.1 Å². The number of carbonyl (C=O) groups excluding carboxylic acids is 1. The Morgan fingerprint density at radius 3 is 2.40 bits per heavy atom. The van der Waals surface area contributed by atoms with Gasteiger partial charge in [0.1, 0.15) is 5.78 Å². The third-order valence-electron chi connectivity index (χ3n) is 3.11. The molecule has 1 aromatic carbocycles. The molecule has 1 aromatic rings. The third kappa shape index (κ3) is 2.90. The van der Waals surface area contributed by atoms with Crippen molar-refractivity contribution in [3.8, 4) is 0 Å². The zero-order valence-corrected chi connectivity index (χ0v) is 9.49. The van der Waals surface area contributed by atoms with Gasteiger partial charge in [-0.2, -0.15) is 0 Å². The lowest BCUT2D eigenvalue weighted by molar-refractivity contribution is -0.126. The van der Waals surface area contributed by atoms with Gasteiger partial charge in [0.2, 0.25) is 0 Å². The molecule has 0 amide bonds. The molecule has 2 heteroatoms. The summed E-state index contributed by atoms with van der Waals surface area (Å²) in [6, 6.07) is 9.81. The lowest BCUT2D eigenvalue weighted by atomic mass is 9.80. The molecule has 0 saturated carbocycles. The van der Waals surface area contributed by atoms with Gasteiger partial charge in [0.15, 0.2) is 0 Å². The standard InChI is InChI=1S/C13H19NO/c1-3-13(2,10-14)12(15)9-11-7-5-4-6-8-11/h4-8H,3,9-10,14H2,1-2H3. The van der Waals surface area contributed by atoms with Crippen LogP contribution >= 0.6 is 0 Å². The van der Waals surface area contributed by atoms with Gasteiger partial charge in [-0.05, 0) is 12.0 Å². The van der Waals surface area contributed by atoms with Crippen LogP contribution in [-0.2, 0) is 11.2 Å². The summed E-state index contributed by atoms with van der Waals surface area (Å²) in [6.07, 6.45) is 1.29. The molecule has 0 aliphatic rings. The lowest BCUT2D eigenvalue weighted by Gasteiger charge is -2.24. The highest BCUT2D eigenvalue weighted by Gasteiger charge is 2.28. The van der Waals surface area contributed by atoms with Crippen LogP contribution in [0.3, 0.4) is 0 Å². The van der Waals surface area contributed by atoms with E-state index in [1.807, 2.05) is 44.2 Å². The van der Waals surface area contributed by atoms with Crippen LogP contribution in [-0.4, -0.2) is 12.3 Å². The fourth-order valence-electron chi connectivity index (χ4n) is 1.45. The molecule has 1 rings (SSSR count). The predicted molar refractivity (Wildman–Crippen MR) is 62.6 cm³/mol. The maximum Gasteiger partial charge on any atom is 0.144 e. The van der Waals surface area contributed by atoms with E-state index in [2.05, 4.69) is 0 Å². The van der Waals surface area contributed by atoms with Crippen molar-refractivity contribution in [1.82, 2.24) is 0 Å². The number of Topliss-reactive ketones (excluding diaryl/α,β-unsaturated/α-hetero) is 1. The van der Waals surface area contributed by atoms with Gasteiger partial charge in [0.05, 0.1) is 0 Å². The van der Waals surface area contributed by atoms with Crippen LogP contribution in [0.4, 0.5) is 0 Å². The lowest BCUT2D eigenvalue weighted by Crippen LogP contribution is -2.36. The van der Waals surface area contributed by atoms with Crippen LogP contribution in [0.1, 0.15) is 25.8 Å². The second-order valence-corrected chi connectivity index (χ2v) is 4.20. The van der Waals surface area contributed by atoms with Gasteiger partial charge in [-0.1, -0.05) is 44.2 Å². The Labute approximate surface area is 91.5 Å². The quantitative estimate of drug-likeness (QED) is 0.800.